The third-order valence-corrected chi connectivity index (χ3v) is 4.09. The molecule has 0 unspecified atom stereocenters. The number of aliphatic carboxylic acids is 1. The molecule has 0 spiro atoms. The molecule has 1 aromatic heterocycles. The maximum atomic E-state index is 12.1. The second-order valence-corrected chi connectivity index (χ2v) is 6.20. The van der Waals surface area contributed by atoms with Gasteiger partial charge in [-0.15, -0.1) is 0 Å². The van der Waals surface area contributed by atoms with Crippen LogP contribution in [-0.2, 0) is 27.2 Å². The highest BCUT2D eigenvalue weighted by atomic mass is 16.5. The van der Waals surface area contributed by atoms with Crippen molar-refractivity contribution < 1.29 is 19.4 Å². The quantitative estimate of drug-likeness (QED) is 0.588. The summed E-state index contributed by atoms with van der Waals surface area (Å²) < 4.78 is 12.8. The van der Waals surface area contributed by atoms with Gasteiger partial charge in [-0.3, -0.25) is 9.59 Å². The van der Waals surface area contributed by atoms with Crippen molar-refractivity contribution in [1.29, 1.82) is 0 Å². The topological polar surface area (TPSA) is 77.8 Å². The van der Waals surface area contributed by atoms with Gasteiger partial charge in [0.05, 0.1) is 31.8 Å². The van der Waals surface area contributed by atoms with Crippen LogP contribution in [0.25, 0.3) is 10.9 Å². The summed E-state index contributed by atoms with van der Waals surface area (Å²) >= 11 is 0. The summed E-state index contributed by atoms with van der Waals surface area (Å²) in [7, 11) is 0. The molecule has 0 saturated heterocycles. The highest BCUT2D eigenvalue weighted by Crippen LogP contribution is 2.14. The summed E-state index contributed by atoms with van der Waals surface area (Å²) in [5.41, 5.74) is 2.17. The van der Waals surface area contributed by atoms with Gasteiger partial charge in [0.15, 0.2) is 5.43 Å². The molecule has 1 N–H and O–H groups in total. The molecule has 142 valence electrons. The SMILES string of the molecule is CCCn1ccc(=O)c2cc(CCCOCCOCCC(=O)O)ccc21. The lowest BCUT2D eigenvalue weighted by molar-refractivity contribution is -0.138. The van der Waals surface area contributed by atoms with E-state index >= 15 is 0 Å². The first-order valence-corrected chi connectivity index (χ1v) is 9.11. The molecule has 0 radical (unpaired) electrons. The normalized spacial score (nSPS) is 11.1. The van der Waals surface area contributed by atoms with Gasteiger partial charge in [0.25, 0.3) is 0 Å². The molecular weight excluding hydrogens is 334 g/mol. The van der Waals surface area contributed by atoms with Crippen LogP contribution >= 0.6 is 0 Å². The lowest BCUT2D eigenvalue weighted by Crippen LogP contribution is -2.09. The first-order valence-electron chi connectivity index (χ1n) is 9.11. The zero-order chi connectivity index (χ0) is 18.8. The first kappa shape index (κ1) is 20.1. The van der Waals surface area contributed by atoms with Crippen molar-refractivity contribution in [2.75, 3.05) is 26.4 Å². The van der Waals surface area contributed by atoms with Gasteiger partial charge >= 0.3 is 5.97 Å². The fourth-order valence-corrected chi connectivity index (χ4v) is 2.81. The molecule has 2 aromatic rings. The number of carboxylic acids is 1. The van der Waals surface area contributed by atoms with Crippen molar-refractivity contribution in [2.24, 2.45) is 0 Å². The molecule has 0 bridgehead atoms. The fourth-order valence-electron chi connectivity index (χ4n) is 2.81. The van der Waals surface area contributed by atoms with Crippen molar-refractivity contribution in [3.05, 3.63) is 46.2 Å². The summed E-state index contributed by atoms with van der Waals surface area (Å²) in [5.74, 6) is -0.859. The van der Waals surface area contributed by atoms with Crippen molar-refractivity contribution in [1.82, 2.24) is 4.57 Å². The molecule has 0 atom stereocenters. The predicted molar refractivity (Wildman–Crippen MR) is 101 cm³/mol. The predicted octanol–water partition coefficient (Wildman–Crippen LogP) is 2.85. The van der Waals surface area contributed by atoms with Crippen LogP contribution in [0, 0.1) is 0 Å². The second-order valence-electron chi connectivity index (χ2n) is 6.20. The molecule has 0 aliphatic heterocycles. The molecule has 0 amide bonds. The molecule has 6 heteroatoms. The van der Waals surface area contributed by atoms with E-state index in [9.17, 15) is 9.59 Å². The van der Waals surface area contributed by atoms with Crippen LogP contribution in [0.1, 0.15) is 31.7 Å². The molecule has 1 heterocycles. The number of pyridine rings is 1. The molecule has 0 aliphatic carbocycles. The summed E-state index contributed by atoms with van der Waals surface area (Å²) in [5, 5.41) is 9.26. The average Bonchev–Trinajstić information content (AvgIpc) is 2.62. The zero-order valence-corrected chi connectivity index (χ0v) is 15.3. The molecule has 0 aliphatic rings. The largest absolute Gasteiger partial charge is 0.481 e. The monoisotopic (exact) mass is 361 g/mol. The van der Waals surface area contributed by atoms with E-state index < -0.39 is 5.97 Å². The van der Waals surface area contributed by atoms with Gasteiger partial charge in [-0.25, -0.2) is 0 Å². The van der Waals surface area contributed by atoms with Crippen molar-refractivity contribution in [2.45, 2.75) is 39.2 Å². The second kappa shape index (κ2) is 10.7. The Morgan fingerprint density at radius 3 is 2.62 bits per heavy atom. The van der Waals surface area contributed by atoms with Crippen LogP contribution in [-0.4, -0.2) is 42.1 Å². The Balaban J connectivity index is 1.76. The summed E-state index contributed by atoms with van der Waals surface area (Å²) in [6.45, 7) is 4.70. The number of carboxylic acid groups (broad SMARTS) is 1. The number of rotatable bonds is 12. The van der Waals surface area contributed by atoms with Gasteiger partial charge in [-0.1, -0.05) is 13.0 Å². The minimum atomic E-state index is -0.859. The summed E-state index contributed by atoms with van der Waals surface area (Å²) in [6, 6.07) is 7.72. The maximum absolute atomic E-state index is 12.1. The Bertz CT molecular complexity index is 768. The molecule has 1 aromatic carbocycles. The molecule has 26 heavy (non-hydrogen) atoms. The standard InChI is InChI=1S/C20H27NO5/c1-2-9-21-10-7-19(22)17-15-16(5-6-18(17)21)4-3-11-25-13-14-26-12-8-20(23)24/h5-7,10,15H,2-4,8-9,11-14H2,1H3,(H,23,24). The highest BCUT2D eigenvalue weighted by Gasteiger charge is 2.04. The summed E-state index contributed by atoms with van der Waals surface area (Å²) in [4.78, 5) is 22.5. The van der Waals surface area contributed by atoms with E-state index in [2.05, 4.69) is 17.6 Å². The van der Waals surface area contributed by atoms with E-state index in [0.717, 1.165) is 42.3 Å². The van der Waals surface area contributed by atoms with E-state index in [0.29, 0.717) is 19.8 Å². The Hall–Kier alpha value is -2.18. The van der Waals surface area contributed by atoms with Crippen LogP contribution in [0.15, 0.2) is 35.3 Å². The third kappa shape index (κ3) is 6.28. The minimum absolute atomic E-state index is 0.0158. The van der Waals surface area contributed by atoms with E-state index in [1.807, 2.05) is 18.3 Å². The Kier molecular flexibility index (Phi) is 8.31. The summed E-state index contributed by atoms with van der Waals surface area (Å²) in [6.07, 6.45) is 4.60. The number of ether oxygens (including phenoxy) is 2. The van der Waals surface area contributed by atoms with Gasteiger partial charge in [0.1, 0.15) is 0 Å². The minimum Gasteiger partial charge on any atom is -0.481 e. The molecule has 2 rings (SSSR count). The maximum Gasteiger partial charge on any atom is 0.305 e. The number of nitrogens with zero attached hydrogens (tertiary/aromatic N) is 1. The van der Waals surface area contributed by atoms with Gasteiger partial charge < -0.3 is 19.1 Å². The molecular formula is C20H27NO5. The van der Waals surface area contributed by atoms with Crippen molar-refractivity contribution in [3.63, 3.8) is 0 Å². The van der Waals surface area contributed by atoms with E-state index in [1.165, 1.54) is 0 Å². The van der Waals surface area contributed by atoms with Crippen LogP contribution in [0.5, 0.6) is 0 Å². The molecule has 0 saturated carbocycles. The smallest absolute Gasteiger partial charge is 0.305 e. The van der Waals surface area contributed by atoms with Crippen LogP contribution < -0.4 is 5.43 Å². The van der Waals surface area contributed by atoms with Gasteiger partial charge in [0, 0.05) is 30.8 Å². The Morgan fingerprint density at radius 2 is 1.88 bits per heavy atom. The number of hydrogen-bond acceptors (Lipinski definition) is 4. The number of hydrogen-bond donors (Lipinski definition) is 1. The van der Waals surface area contributed by atoms with E-state index in [-0.39, 0.29) is 18.5 Å². The van der Waals surface area contributed by atoms with Crippen molar-refractivity contribution >= 4 is 16.9 Å². The highest BCUT2D eigenvalue weighted by molar-refractivity contribution is 5.79. The van der Waals surface area contributed by atoms with E-state index in [4.69, 9.17) is 14.6 Å². The van der Waals surface area contributed by atoms with Gasteiger partial charge in [-0.2, -0.15) is 0 Å². The van der Waals surface area contributed by atoms with Crippen molar-refractivity contribution in [3.8, 4) is 0 Å². The Morgan fingerprint density at radius 1 is 1.12 bits per heavy atom. The number of fused-ring (bicyclic) bond motifs is 1. The average molecular weight is 361 g/mol. The zero-order valence-electron chi connectivity index (χ0n) is 15.3. The third-order valence-electron chi connectivity index (χ3n) is 4.09. The number of aromatic nitrogens is 1. The lowest BCUT2D eigenvalue weighted by atomic mass is 10.1. The van der Waals surface area contributed by atoms with Crippen LogP contribution in [0.4, 0.5) is 0 Å². The van der Waals surface area contributed by atoms with Gasteiger partial charge in [0.2, 0.25) is 0 Å². The number of carbonyl (C=O) groups is 1. The van der Waals surface area contributed by atoms with Gasteiger partial charge in [-0.05, 0) is 37.0 Å². The number of benzene rings is 1. The fraction of sp³-hybridized carbons (Fsp3) is 0.500. The van der Waals surface area contributed by atoms with Crippen LogP contribution in [0.2, 0.25) is 0 Å². The molecule has 0 fully saturated rings. The lowest BCUT2D eigenvalue weighted by Gasteiger charge is -2.11. The number of aryl methyl sites for hydroxylation is 2. The van der Waals surface area contributed by atoms with Crippen LogP contribution in [0.3, 0.4) is 0 Å². The first-order chi connectivity index (χ1) is 12.6. The van der Waals surface area contributed by atoms with E-state index in [1.54, 1.807) is 6.07 Å². The Labute approximate surface area is 153 Å². The molecule has 6 nitrogen and oxygen atoms in total.